The van der Waals surface area contributed by atoms with Crippen LogP contribution in [0.5, 0.6) is 0 Å². The van der Waals surface area contributed by atoms with E-state index in [1.807, 2.05) is 18.2 Å². The Bertz CT molecular complexity index is 1290. The Morgan fingerprint density at radius 1 is 1.26 bits per heavy atom. The van der Waals surface area contributed by atoms with Crippen LogP contribution in [0.15, 0.2) is 27.9 Å². The summed E-state index contributed by atoms with van der Waals surface area (Å²) in [7, 11) is 1.94. The molecule has 0 radical (unpaired) electrons. The normalized spacial score (nSPS) is 14.6. The van der Waals surface area contributed by atoms with Crippen molar-refractivity contribution in [2.45, 2.75) is 31.2 Å². The van der Waals surface area contributed by atoms with E-state index in [0.717, 1.165) is 32.6 Å². The van der Waals surface area contributed by atoms with E-state index in [1.54, 1.807) is 29.7 Å². The van der Waals surface area contributed by atoms with Crippen molar-refractivity contribution in [1.82, 2.24) is 9.55 Å². The summed E-state index contributed by atoms with van der Waals surface area (Å²) in [6.07, 6.45) is 3.83. The number of aromatic nitrogens is 2. The first-order valence-corrected chi connectivity index (χ1v) is 13.2. The van der Waals surface area contributed by atoms with Crippen molar-refractivity contribution >= 4 is 68.7 Å². The van der Waals surface area contributed by atoms with Crippen molar-refractivity contribution in [3.63, 3.8) is 0 Å². The van der Waals surface area contributed by atoms with Gasteiger partial charge < -0.3 is 18.9 Å². The molecular formula is C24H27Cl2N3O4S. The minimum absolute atomic E-state index is 0.104. The number of hydrogen-bond acceptors (Lipinski definition) is 7. The second kappa shape index (κ2) is 10.7. The highest BCUT2D eigenvalue weighted by atomic mass is 35.5. The zero-order valence-electron chi connectivity index (χ0n) is 19.4. The predicted molar refractivity (Wildman–Crippen MR) is 139 cm³/mol. The molecule has 2 aromatic heterocycles. The molecule has 0 bridgehead atoms. The summed E-state index contributed by atoms with van der Waals surface area (Å²) in [5.74, 6) is 0.604. The molecule has 1 aromatic carbocycles. The molecule has 3 aromatic rings. The van der Waals surface area contributed by atoms with Gasteiger partial charge in [0, 0.05) is 32.2 Å². The van der Waals surface area contributed by atoms with Gasteiger partial charge >= 0.3 is 5.97 Å². The van der Waals surface area contributed by atoms with E-state index >= 15 is 0 Å². The molecule has 0 amide bonds. The van der Waals surface area contributed by atoms with E-state index in [4.69, 9.17) is 37.7 Å². The number of anilines is 1. The van der Waals surface area contributed by atoms with Crippen LogP contribution in [0.3, 0.4) is 0 Å². The molecule has 3 heterocycles. The lowest BCUT2D eigenvalue weighted by Crippen LogP contribution is -2.30. The van der Waals surface area contributed by atoms with Crippen LogP contribution in [0.25, 0.3) is 21.9 Å². The summed E-state index contributed by atoms with van der Waals surface area (Å²) in [4.78, 5) is 33.6. The maximum absolute atomic E-state index is 13.5. The average Bonchev–Trinajstić information content (AvgIpc) is 2.82. The topological polar surface area (TPSA) is 73.7 Å². The van der Waals surface area contributed by atoms with Gasteiger partial charge in [0.05, 0.1) is 32.5 Å². The number of hydrogen-bond donors (Lipinski definition) is 0. The van der Waals surface area contributed by atoms with Gasteiger partial charge in [-0.3, -0.25) is 9.59 Å². The first-order valence-electron chi connectivity index (χ1n) is 11.2. The summed E-state index contributed by atoms with van der Waals surface area (Å²) in [6.45, 7) is 4.17. The highest BCUT2D eigenvalue weighted by molar-refractivity contribution is 7.99. The minimum atomic E-state index is -0.422. The molecule has 10 heteroatoms. The first kappa shape index (κ1) is 25.1. The fourth-order valence-corrected chi connectivity index (χ4v) is 5.80. The fraction of sp³-hybridized carbons (Fsp3) is 0.458. The van der Waals surface area contributed by atoms with Gasteiger partial charge in [0.1, 0.15) is 18.0 Å². The van der Waals surface area contributed by atoms with Crippen LogP contribution in [-0.4, -0.2) is 55.2 Å². The van der Waals surface area contributed by atoms with Gasteiger partial charge in [-0.2, -0.15) is 0 Å². The highest BCUT2D eigenvalue weighted by Gasteiger charge is 2.23. The molecule has 1 aliphatic heterocycles. The lowest BCUT2D eigenvalue weighted by molar-refractivity contribution is -0.143. The Morgan fingerprint density at radius 2 is 2.00 bits per heavy atom. The molecular weight excluding hydrogens is 497 g/mol. The van der Waals surface area contributed by atoms with Gasteiger partial charge in [0.2, 0.25) is 0 Å². The maximum Gasteiger partial charge on any atom is 0.326 e. The smallest absolute Gasteiger partial charge is 0.326 e. The number of carbonyl (C=O) groups is 1. The van der Waals surface area contributed by atoms with Crippen LogP contribution in [0, 0.1) is 5.92 Å². The molecule has 34 heavy (non-hydrogen) atoms. The molecule has 0 saturated carbocycles. The maximum atomic E-state index is 13.5. The molecule has 0 aliphatic carbocycles. The molecule has 7 nitrogen and oxygen atoms in total. The van der Waals surface area contributed by atoms with E-state index in [0.29, 0.717) is 48.6 Å². The number of fused-ring (bicyclic) bond motifs is 2. The fourth-order valence-electron chi connectivity index (χ4n) is 4.45. The number of benzene rings is 1. The first-order chi connectivity index (χ1) is 16.3. The van der Waals surface area contributed by atoms with Crippen LogP contribution < -0.4 is 10.3 Å². The molecule has 0 N–H and O–H groups in total. The summed E-state index contributed by atoms with van der Waals surface area (Å²) in [6, 6.07) is 5.03. The van der Waals surface area contributed by atoms with Crippen molar-refractivity contribution in [1.29, 1.82) is 0 Å². The average molecular weight is 524 g/mol. The summed E-state index contributed by atoms with van der Waals surface area (Å²) < 4.78 is 12.4. The van der Waals surface area contributed by atoms with Gasteiger partial charge in [-0.25, -0.2) is 4.98 Å². The van der Waals surface area contributed by atoms with Crippen molar-refractivity contribution < 1.29 is 14.3 Å². The number of ether oxygens (including phenoxy) is 2. The van der Waals surface area contributed by atoms with E-state index in [-0.39, 0.29) is 18.6 Å². The van der Waals surface area contributed by atoms with Crippen LogP contribution in [0.1, 0.15) is 19.8 Å². The number of halogens is 2. The van der Waals surface area contributed by atoms with Gasteiger partial charge in [-0.15, -0.1) is 11.8 Å². The minimum Gasteiger partial charge on any atom is -0.465 e. The van der Waals surface area contributed by atoms with Crippen LogP contribution in [0.2, 0.25) is 10.0 Å². The Balaban J connectivity index is 1.95. The third-order valence-electron chi connectivity index (χ3n) is 6.07. The summed E-state index contributed by atoms with van der Waals surface area (Å²) in [5.41, 5.74) is 0.741. The van der Waals surface area contributed by atoms with Crippen molar-refractivity contribution in [2.24, 2.45) is 5.92 Å². The summed E-state index contributed by atoms with van der Waals surface area (Å²) >= 11 is 14.5. The van der Waals surface area contributed by atoms with Crippen LogP contribution in [0.4, 0.5) is 5.82 Å². The van der Waals surface area contributed by atoms with Gasteiger partial charge in [0.25, 0.3) is 0 Å². The molecule has 182 valence electrons. The monoisotopic (exact) mass is 523 g/mol. The number of nitrogens with zero attached hydrogens (tertiary/aromatic N) is 3. The molecule has 0 spiro atoms. The van der Waals surface area contributed by atoms with Gasteiger partial charge in [0.15, 0.2) is 5.43 Å². The molecule has 0 atom stereocenters. The van der Waals surface area contributed by atoms with Crippen molar-refractivity contribution in [3.8, 4) is 0 Å². The molecule has 1 aliphatic rings. The van der Waals surface area contributed by atoms with E-state index in [9.17, 15) is 9.59 Å². The lowest BCUT2D eigenvalue weighted by atomic mass is 10.00. The van der Waals surface area contributed by atoms with E-state index < -0.39 is 5.97 Å². The largest absolute Gasteiger partial charge is 0.465 e. The van der Waals surface area contributed by atoms with Gasteiger partial charge in [-0.1, -0.05) is 23.2 Å². The second-order valence-electron chi connectivity index (χ2n) is 8.30. The Hall–Kier alpha value is -2.00. The molecule has 0 unspecified atom stereocenters. The quantitative estimate of drug-likeness (QED) is 0.245. The van der Waals surface area contributed by atoms with Crippen LogP contribution in [-0.2, 0) is 20.8 Å². The Labute approximate surface area is 212 Å². The van der Waals surface area contributed by atoms with Crippen molar-refractivity contribution in [2.75, 3.05) is 44.6 Å². The lowest BCUT2D eigenvalue weighted by Gasteiger charge is -2.28. The van der Waals surface area contributed by atoms with E-state index in [1.165, 1.54) is 11.8 Å². The number of pyridine rings is 2. The number of esters is 1. The number of rotatable bonds is 7. The Kier molecular flexibility index (Phi) is 7.92. The zero-order valence-corrected chi connectivity index (χ0v) is 21.7. The molecule has 1 fully saturated rings. The predicted octanol–water partition coefficient (Wildman–Crippen LogP) is 5.00. The molecule has 4 rings (SSSR count). The van der Waals surface area contributed by atoms with Gasteiger partial charge in [-0.05, 0) is 50.1 Å². The SMILES string of the molecule is CCOC(=O)Cn1c2nc(N(C)CC3CCOCC3)c(Cl)cc2c(=O)c2ccc(Cl)c(SC)c21. The van der Waals surface area contributed by atoms with Crippen molar-refractivity contribution in [3.05, 3.63) is 38.5 Å². The summed E-state index contributed by atoms with van der Waals surface area (Å²) in [5, 5.41) is 1.69. The second-order valence-corrected chi connectivity index (χ2v) is 9.93. The highest BCUT2D eigenvalue weighted by Crippen LogP contribution is 2.35. The zero-order chi connectivity index (χ0) is 24.4. The van der Waals surface area contributed by atoms with E-state index in [2.05, 4.69) is 0 Å². The number of thioether (sulfide) groups is 1. The third kappa shape index (κ3) is 4.87. The van der Waals surface area contributed by atoms with Crippen LogP contribution >= 0.6 is 35.0 Å². The third-order valence-corrected chi connectivity index (χ3v) is 7.59. The standard InChI is InChI=1S/C24H27Cl2N3O4S/c1-4-33-19(30)13-29-20-15(5-6-17(25)22(20)34-3)21(31)16-11-18(26)24(27-23(16)29)28(2)12-14-7-9-32-10-8-14/h5-6,11,14H,4,7-10,12-13H2,1-3H3. The molecule has 1 saturated heterocycles. The number of carbonyl (C=O) groups excluding carboxylic acids is 1. The Morgan fingerprint density at radius 3 is 2.68 bits per heavy atom.